The second kappa shape index (κ2) is 2.97. The summed E-state index contributed by atoms with van der Waals surface area (Å²) < 4.78 is 98.0. The molecule has 0 radical (unpaired) electrons. The van der Waals surface area contributed by atoms with E-state index < -0.39 is 27.3 Å². The maximum absolute atomic E-state index is 11.7. The first-order chi connectivity index (χ1) is 5.75. The van der Waals surface area contributed by atoms with E-state index in [0.29, 0.717) is 0 Å². The van der Waals surface area contributed by atoms with Crippen molar-refractivity contribution < 1.29 is 39.3 Å². The SMILES string of the molecule is NC(C(F)(F)F)(C(F)(F)F)S(=O)(=O)O. The highest BCUT2D eigenvalue weighted by Crippen LogP contribution is 2.44. The van der Waals surface area contributed by atoms with Crippen LogP contribution in [0.4, 0.5) is 26.3 Å². The molecule has 0 heterocycles. The lowest BCUT2D eigenvalue weighted by Crippen LogP contribution is -2.68. The predicted molar refractivity (Wildman–Crippen MR) is 30.6 cm³/mol. The van der Waals surface area contributed by atoms with Crippen molar-refractivity contribution >= 4 is 10.1 Å². The molecular formula is C3H3F6NO3S. The summed E-state index contributed by atoms with van der Waals surface area (Å²) in [6.07, 6.45) is -12.7. The van der Waals surface area contributed by atoms with Crippen LogP contribution < -0.4 is 5.73 Å². The molecule has 0 aromatic rings. The summed E-state index contributed by atoms with van der Waals surface area (Å²) in [5.74, 6) is 0. The molecule has 0 fully saturated rings. The largest absolute Gasteiger partial charge is 0.432 e. The van der Waals surface area contributed by atoms with Crippen LogP contribution in [0.2, 0.25) is 0 Å². The van der Waals surface area contributed by atoms with Crippen LogP contribution >= 0.6 is 0 Å². The number of alkyl halides is 6. The molecule has 0 aliphatic heterocycles. The molecule has 0 atom stereocenters. The lowest BCUT2D eigenvalue weighted by Gasteiger charge is -2.29. The molecule has 0 aromatic heterocycles. The summed E-state index contributed by atoms with van der Waals surface area (Å²) in [5.41, 5.74) is 3.64. The Morgan fingerprint density at radius 3 is 1.14 bits per heavy atom. The average Bonchev–Trinajstić information content (AvgIpc) is 1.77. The van der Waals surface area contributed by atoms with Crippen molar-refractivity contribution in [2.24, 2.45) is 5.73 Å². The van der Waals surface area contributed by atoms with E-state index in [2.05, 4.69) is 5.73 Å². The van der Waals surface area contributed by atoms with E-state index in [0.717, 1.165) is 0 Å². The maximum Gasteiger partial charge on any atom is 0.432 e. The van der Waals surface area contributed by atoms with E-state index in [-0.39, 0.29) is 0 Å². The zero-order valence-corrected chi connectivity index (χ0v) is 6.83. The van der Waals surface area contributed by atoms with Gasteiger partial charge in [0.25, 0.3) is 0 Å². The van der Waals surface area contributed by atoms with Gasteiger partial charge in [-0.1, -0.05) is 0 Å². The summed E-state index contributed by atoms with van der Waals surface area (Å²) in [7, 11) is -6.55. The first kappa shape index (κ1) is 13.4. The van der Waals surface area contributed by atoms with Crippen molar-refractivity contribution in [1.29, 1.82) is 0 Å². The minimum atomic E-state index is -6.55. The summed E-state index contributed by atoms with van der Waals surface area (Å²) in [5, 5.41) is 0. The molecule has 0 aliphatic carbocycles. The number of hydrogen-bond donors (Lipinski definition) is 2. The van der Waals surface area contributed by atoms with Crippen molar-refractivity contribution in [3.8, 4) is 0 Å². The van der Waals surface area contributed by atoms with Gasteiger partial charge in [0.2, 0.25) is 0 Å². The average molecular weight is 247 g/mol. The second-order valence-electron chi connectivity index (χ2n) is 2.21. The van der Waals surface area contributed by atoms with Crippen molar-refractivity contribution in [3.63, 3.8) is 0 Å². The van der Waals surface area contributed by atoms with Gasteiger partial charge >= 0.3 is 27.3 Å². The highest BCUT2D eigenvalue weighted by atomic mass is 32.2. The van der Waals surface area contributed by atoms with Gasteiger partial charge in [-0.05, 0) is 0 Å². The standard InChI is InChI=1S/C3H3F6NO3S/c4-2(5,6)1(10,3(7,8)9)14(11,12)13/h10H2,(H,11,12,13). The zero-order chi connectivity index (χ0) is 12.0. The first-order valence-corrected chi connectivity index (χ1v) is 4.08. The maximum atomic E-state index is 11.7. The molecule has 11 heteroatoms. The summed E-state index contributed by atoms with van der Waals surface area (Å²) >= 11 is 0. The van der Waals surface area contributed by atoms with Gasteiger partial charge in [0.1, 0.15) is 0 Å². The number of nitrogens with two attached hydrogens (primary N) is 1. The highest BCUT2D eigenvalue weighted by Gasteiger charge is 2.76. The molecule has 86 valence electrons. The highest BCUT2D eigenvalue weighted by molar-refractivity contribution is 7.87. The quantitative estimate of drug-likeness (QED) is 0.526. The van der Waals surface area contributed by atoms with E-state index in [1.165, 1.54) is 0 Å². The van der Waals surface area contributed by atoms with E-state index in [9.17, 15) is 34.8 Å². The van der Waals surface area contributed by atoms with E-state index in [1.807, 2.05) is 0 Å². The van der Waals surface area contributed by atoms with Crippen LogP contribution in [0.1, 0.15) is 0 Å². The normalized spacial score (nSPS) is 15.7. The fourth-order valence-electron chi connectivity index (χ4n) is 0.453. The summed E-state index contributed by atoms with van der Waals surface area (Å²) in [6, 6.07) is 0. The van der Waals surface area contributed by atoms with Crippen LogP contribution in [-0.2, 0) is 10.1 Å². The van der Waals surface area contributed by atoms with E-state index in [4.69, 9.17) is 4.55 Å². The third kappa shape index (κ3) is 1.79. The third-order valence-electron chi connectivity index (χ3n) is 1.25. The molecule has 4 nitrogen and oxygen atoms in total. The molecule has 3 N–H and O–H groups in total. The monoisotopic (exact) mass is 247 g/mol. The Morgan fingerprint density at radius 1 is 0.929 bits per heavy atom. The Morgan fingerprint density at radius 2 is 1.14 bits per heavy atom. The molecule has 14 heavy (non-hydrogen) atoms. The zero-order valence-electron chi connectivity index (χ0n) is 6.02. The van der Waals surface area contributed by atoms with Gasteiger partial charge in [0, 0.05) is 0 Å². The molecular weight excluding hydrogens is 244 g/mol. The van der Waals surface area contributed by atoms with Crippen LogP contribution in [0.15, 0.2) is 0 Å². The van der Waals surface area contributed by atoms with E-state index >= 15 is 0 Å². The van der Waals surface area contributed by atoms with E-state index in [1.54, 1.807) is 0 Å². The molecule has 0 bridgehead atoms. The smallest absolute Gasteiger partial charge is 0.295 e. The molecule has 0 aliphatic rings. The Kier molecular flexibility index (Phi) is 2.85. The topological polar surface area (TPSA) is 80.4 Å². The molecule has 0 aromatic carbocycles. The minimum Gasteiger partial charge on any atom is -0.295 e. The van der Waals surface area contributed by atoms with Crippen molar-refractivity contribution in [1.82, 2.24) is 0 Å². The summed E-state index contributed by atoms with van der Waals surface area (Å²) in [6.45, 7) is 0. The van der Waals surface area contributed by atoms with Gasteiger partial charge in [0.15, 0.2) is 0 Å². The predicted octanol–water partition coefficient (Wildman–Crippen LogP) is 0.654. The van der Waals surface area contributed by atoms with Gasteiger partial charge in [-0.3, -0.25) is 10.3 Å². The van der Waals surface area contributed by atoms with Crippen molar-refractivity contribution in [2.45, 2.75) is 17.2 Å². The Bertz CT molecular complexity index is 300. The molecule has 0 spiro atoms. The first-order valence-electron chi connectivity index (χ1n) is 2.64. The molecule has 0 saturated carbocycles. The van der Waals surface area contributed by atoms with Gasteiger partial charge in [-0.25, -0.2) is 0 Å². The molecule has 0 amide bonds. The molecule has 0 rings (SSSR count). The molecule has 0 unspecified atom stereocenters. The lowest BCUT2D eigenvalue weighted by atomic mass is 10.3. The number of hydrogen-bond acceptors (Lipinski definition) is 3. The molecule has 0 saturated heterocycles. The fourth-order valence-corrected chi connectivity index (χ4v) is 1.04. The third-order valence-corrected chi connectivity index (χ3v) is 2.53. The van der Waals surface area contributed by atoms with Crippen LogP contribution in [0.5, 0.6) is 0 Å². The van der Waals surface area contributed by atoms with Gasteiger partial charge < -0.3 is 0 Å². The second-order valence-corrected chi connectivity index (χ2v) is 3.80. The minimum absolute atomic E-state index is 3.64. The van der Waals surface area contributed by atoms with Crippen LogP contribution in [0, 0.1) is 0 Å². The van der Waals surface area contributed by atoms with Gasteiger partial charge in [-0.15, -0.1) is 0 Å². The van der Waals surface area contributed by atoms with Crippen molar-refractivity contribution in [3.05, 3.63) is 0 Å². The Balaban J connectivity index is 5.81. The van der Waals surface area contributed by atoms with Crippen LogP contribution in [0.25, 0.3) is 0 Å². The van der Waals surface area contributed by atoms with Gasteiger partial charge in [0.05, 0.1) is 0 Å². The van der Waals surface area contributed by atoms with Crippen LogP contribution in [0.3, 0.4) is 0 Å². The fraction of sp³-hybridized carbons (Fsp3) is 1.00. The van der Waals surface area contributed by atoms with Crippen molar-refractivity contribution in [2.75, 3.05) is 0 Å². The summed E-state index contributed by atoms with van der Waals surface area (Å²) in [4.78, 5) is -5.66. The van der Waals surface area contributed by atoms with Crippen LogP contribution in [-0.4, -0.2) is 30.2 Å². The number of halogens is 6. The number of rotatable bonds is 1. The van der Waals surface area contributed by atoms with Gasteiger partial charge in [-0.2, -0.15) is 34.8 Å². The lowest BCUT2D eigenvalue weighted by molar-refractivity contribution is -0.267. The Hall–Kier alpha value is -0.550. The Labute approximate surface area is 73.4 Å².